The van der Waals surface area contributed by atoms with Gasteiger partial charge in [0.1, 0.15) is 11.6 Å². The van der Waals surface area contributed by atoms with Crippen LogP contribution < -0.4 is 5.32 Å². The molecular formula is C22H24N2O. The Morgan fingerprint density at radius 1 is 1.12 bits per heavy atom. The molecule has 25 heavy (non-hydrogen) atoms. The monoisotopic (exact) mass is 332 g/mol. The minimum Gasteiger partial charge on any atom is -0.351 e. The lowest BCUT2D eigenvalue weighted by Crippen LogP contribution is -2.25. The van der Waals surface area contributed by atoms with E-state index in [9.17, 15) is 10.1 Å². The highest BCUT2D eigenvalue weighted by Crippen LogP contribution is 2.16. The zero-order valence-corrected chi connectivity index (χ0v) is 14.8. The maximum absolute atomic E-state index is 12.2. The molecule has 0 saturated heterocycles. The van der Waals surface area contributed by atoms with Gasteiger partial charge in [0.15, 0.2) is 0 Å². The number of aryl methyl sites for hydroxylation is 1. The van der Waals surface area contributed by atoms with Crippen LogP contribution in [-0.4, -0.2) is 12.5 Å². The number of amides is 1. The van der Waals surface area contributed by atoms with Crippen LogP contribution in [-0.2, 0) is 11.2 Å². The van der Waals surface area contributed by atoms with E-state index in [1.165, 1.54) is 11.1 Å². The van der Waals surface area contributed by atoms with E-state index in [4.69, 9.17) is 0 Å². The summed E-state index contributed by atoms with van der Waals surface area (Å²) in [5.74, 6) is 0.143. The van der Waals surface area contributed by atoms with E-state index in [1.807, 2.05) is 48.5 Å². The van der Waals surface area contributed by atoms with Crippen molar-refractivity contribution in [3.63, 3.8) is 0 Å². The van der Waals surface area contributed by atoms with Crippen molar-refractivity contribution in [3.05, 3.63) is 76.9 Å². The van der Waals surface area contributed by atoms with Crippen LogP contribution in [0.5, 0.6) is 0 Å². The number of benzene rings is 2. The predicted molar refractivity (Wildman–Crippen MR) is 102 cm³/mol. The minimum absolute atomic E-state index is 0.136. The van der Waals surface area contributed by atoms with Gasteiger partial charge in [-0.2, -0.15) is 5.26 Å². The standard InChI is InChI=1S/C22H24N2O/c1-17(2)20-12-10-19(11-13-20)15-21(16-23)22(25)24-14-6-9-18-7-4-3-5-8-18/h3-5,7-8,10-13,15,17H,6,9,14H2,1-2H3,(H,24,25)/b21-15-. The third-order valence-corrected chi connectivity index (χ3v) is 4.05. The SMILES string of the molecule is CC(C)c1ccc(/C=C(/C#N)C(=O)NCCCc2ccccc2)cc1. The van der Waals surface area contributed by atoms with Crippen molar-refractivity contribution in [2.24, 2.45) is 0 Å². The molecule has 0 unspecified atom stereocenters. The first-order chi connectivity index (χ1) is 12.1. The average Bonchev–Trinajstić information content (AvgIpc) is 2.64. The molecule has 128 valence electrons. The third-order valence-electron chi connectivity index (χ3n) is 4.05. The minimum atomic E-state index is -0.316. The van der Waals surface area contributed by atoms with E-state index in [0.717, 1.165) is 18.4 Å². The summed E-state index contributed by atoms with van der Waals surface area (Å²) in [4.78, 5) is 12.2. The molecule has 0 aliphatic carbocycles. The quantitative estimate of drug-likeness (QED) is 0.462. The Labute approximate surface area is 150 Å². The highest BCUT2D eigenvalue weighted by atomic mass is 16.1. The zero-order chi connectivity index (χ0) is 18.1. The maximum Gasteiger partial charge on any atom is 0.261 e. The third kappa shape index (κ3) is 5.93. The molecule has 0 radical (unpaired) electrons. The fourth-order valence-electron chi connectivity index (χ4n) is 2.53. The van der Waals surface area contributed by atoms with E-state index in [0.29, 0.717) is 12.5 Å². The van der Waals surface area contributed by atoms with Gasteiger partial charge in [-0.15, -0.1) is 0 Å². The summed E-state index contributed by atoms with van der Waals surface area (Å²) < 4.78 is 0. The molecule has 0 fully saturated rings. The predicted octanol–water partition coefficient (Wildman–Crippen LogP) is 4.47. The number of nitrogens with zero attached hydrogens (tertiary/aromatic N) is 1. The Kier molecular flexibility index (Phi) is 6.98. The lowest BCUT2D eigenvalue weighted by Gasteiger charge is -2.06. The van der Waals surface area contributed by atoms with E-state index in [2.05, 4.69) is 31.3 Å². The molecule has 0 aromatic heterocycles. The summed E-state index contributed by atoms with van der Waals surface area (Å²) in [7, 11) is 0. The number of hydrogen-bond acceptors (Lipinski definition) is 2. The van der Waals surface area contributed by atoms with Gasteiger partial charge >= 0.3 is 0 Å². The van der Waals surface area contributed by atoms with Crippen LogP contribution in [0.4, 0.5) is 0 Å². The van der Waals surface area contributed by atoms with Crippen LogP contribution in [0.3, 0.4) is 0 Å². The smallest absolute Gasteiger partial charge is 0.261 e. The van der Waals surface area contributed by atoms with Gasteiger partial charge in [0.2, 0.25) is 0 Å². The van der Waals surface area contributed by atoms with Crippen molar-refractivity contribution in [3.8, 4) is 6.07 Å². The van der Waals surface area contributed by atoms with Crippen molar-refractivity contribution in [1.82, 2.24) is 5.32 Å². The Morgan fingerprint density at radius 3 is 2.40 bits per heavy atom. The number of nitriles is 1. The molecule has 0 spiro atoms. The molecule has 0 atom stereocenters. The second-order valence-corrected chi connectivity index (χ2v) is 6.34. The van der Waals surface area contributed by atoms with Crippen LogP contribution in [0.1, 0.15) is 42.9 Å². The molecule has 2 aromatic rings. The molecule has 0 bridgehead atoms. The second-order valence-electron chi connectivity index (χ2n) is 6.34. The van der Waals surface area contributed by atoms with Crippen molar-refractivity contribution >= 4 is 12.0 Å². The van der Waals surface area contributed by atoms with E-state index in [1.54, 1.807) is 6.08 Å². The molecule has 1 amide bonds. The Morgan fingerprint density at radius 2 is 1.80 bits per heavy atom. The average molecular weight is 332 g/mol. The largest absolute Gasteiger partial charge is 0.351 e. The van der Waals surface area contributed by atoms with Gasteiger partial charge < -0.3 is 5.32 Å². The van der Waals surface area contributed by atoms with E-state index < -0.39 is 0 Å². The van der Waals surface area contributed by atoms with Gasteiger partial charge in [0, 0.05) is 6.54 Å². The second kappa shape index (κ2) is 9.44. The number of carbonyl (C=O) groups is 1. The summed E-state index contributed by atoms with van der Waals surface area (Å²) in [6.45, 7) is 4.82. The van der Waals surface area contributed by atoms with Gasteiger partial charge in [0.25, 0.3) is 5.91 Å². The lowest BCUT2D eigenvalue weighted by atomic mass is 10.0. The van der Waals surface area contributed by atoms with Crippen LogP contribution in [0.2, 0.25) is 0 Å². The molecule has 3 heteroatoms. The first kappa shape index (κ1) is 18.5. The number of hydrogen-bond donors (Lipinski definition) is 1. The fourth-order valence-corrected chi connectivity index (χ4v) is 2.53. The van der Waals surface area contributed by atoms with Crippen LogP contribution in [0, 0.1) is 11.3 Å². The Hall–Kier alpha value is -2.86. The molecule has 0 aliphatic heterocycles. The van der Waals surface area contributed by atoms with Gasteiger partial charge in [-0.3, -0.25) is 4.79 Å². The van der Waals surface area contributed by atoms with Crippen molar-refractivity contribution in [2.45, 2.75) is 32.6 Å². The number of carbonyl (C=O) groups excluding carboxylic acids is 1. The first-order valence-corrected chi connectivity index (χ1v) is 8.64. The van der Waals surface area contributed by atoms with Crippen molar-refractivity contribution in [2.75, 3.05) is 6.54 Å². The van der Waals surface area contributed by atoms with Gasteiger partial charge in [-0.25, -0.2) is 0 Å². The highest BCUT2D eigenvalue weighted by molar-refractivity contribution is 6.01. The molecule has 0 heterocycles. The first-order valence-electron chi connectivity index (χ1n) is 8.64. The van der Waals surface area contributed by atoms with Gasteiger partial charge in [0.05, 0.1) is 0 Å². The molecular weight excluding hydrogens is 308 g/mol. The highest BCUT2D eigenvalue weighted by Gasteiger charge is 2.08. The lowest BCUT2D eigenvalue weighted by molar-refractivity contribution is -0.117. The van der Waals surface area contributed by atoms with Crippen molar-refractivity contribution < 1.29 is 4.79 Å². The molecule has 1 N–H and O–H groups in total. The summed E-state index contributed by atoms with van der Waals surface area (Å²) in [5.41, 5.74) is 3.48. The summed E-state index contributed by atoms with van der Waals surface area (Å²) in [5, 5.41) is 12.1. The zero-order valence-electron chi connectivity index (χ0n) is 14.8. The Balaban J connectivity index is 1.88. The molecule has 0 aliphatic rings. The Bertz CT molecular complexity index is 753. The molecule has 2 aromatic carbocycles. The van der Waals surface area contributed by atoms with Gasteiger partial charge in [-0.1, -0.05) is 68.4 Å². The van der Waals surface area contributed by atoms with E-state index >= 15 is 0 Å². The van der Waals surface area contributed by atoms with Crippen LogP contribution >= 0.6 is 0 Å². The van der Waals surface area contributed by atoms with Crippen molar-refractivity contribution in [1.29, 1.82) is 5.26 Å². The number of nitrogens with one attached hydrogen (secondary N) is 1. The topological polar surface area (TPSA) is 52.9 Å². The summed E-state index contributed by atoms with van der Waals surface area (Å²) >= 11 is 0. The van der Waals surface area contributed by atoms with Gasteiger partial charge in [-0.05, 0) is 41.5 Å². The molecule has 0 saturated carbocycles. The van der Waals surface area contributed by atoms with Crippen LogP contribution in [0.15, 0.2) is 60.2 Å². The van der Waals surface area contributed by atoms with Crippen LogP contribution in [0.25, 0.3) is 6.08 Å². The molecule has 2 rings (SSSR count). The summed E-state index contributed by atoms with van der Waals surface area (Å²) in [6, 6.07) is 20.1. The maximum atomic E-state index is 12.2. The summed E-state index contributed by atoms with van der Waals surface area (Å²) in [6.07, 6.45) is 3.39. The number of rotatable bonds is 7. The normalized spacial score (nSPS) is 11.2. The molecule has 3 nitrogen and oxygen atoms in total. The fraction of sp³-hybridized carbons (Fsp3) is 0.273. The van der Waals surface area contributed by atoms with E-state index in [-0.39, 0.29) is 11.5 Å².